The van der Waals surface area contributed by atoms with E-state index >= 15 is 0 Å². The minimum atomic E-state index is 0.128. The lowest BCUT2D eigenvalue weighted by molar-refractivity contribution is 0.333. The van der Waals surface area contributed by atoms with Gasteiger partial charge in [-0.2, -0.15) is 0 Å². The Morgan fingerprint density at radius 2 is 1.42 bits per heavy atom. The Kier molecular flexibility index (Phi) is 4.52. The molecule has 0 aliphatic carbocycles. The fraction of sp³-hybridized carbons (Fsp3) is 0.667. The molecule has 1 atom stereocenters. The lowest BCUT2D eigenvalue weighted by atomic mass is 9.70. The summed E-state index contributed by atoms with van der Waals surface area (Å²) in [5.41, 5.74) is 6.01. The molecule has 0 aromatic heterocycles. The fourth-order valence-electron chi connectivity index (χ4n) is 2.74. The molecule has 0 amide bonds. The highest BCUT2D eigenvalue weighted by Crippen LogP contribution is 2.44. The van der Waals surface area contributed by atoms with Crippen LogP contribution in [0, 0.1) is 19.3 Å². The quantitative estimate of drug-likeness (QED) is 0.595. The Bertz CT molecular complexity index is 470. The minimum absolute atomic E-state index is 0.128. The summed E-state index contributed by atoms with van der Waals surface area (Å²) in [6, 6.07) is 2.29. The highest BCUT2D eigenvalue weighted by Gasteiger charge is 2.31. The molecule has 0 bridgehead atoms. The van der Waals surface area contributed by atoms with E-state index < -0.39 is 0 Å². The summed E-state index contributed by atoms with van der Waals surface area (Å²) in [6.07, 6.45) is 0. The largest absolute Gasteiger partial charge is 0.143 e. The Morgan fingerprint density at radius 3 is 1.79 bits per heavy atom. The third-order valence-corrected chi connectivity index (χ3v) is 4.80. The van der Waals surface area contributed by atoms with Crippen molar-refractivity contribution in [2.24, 2.45) is 5.41 Å². The van der Waals surface area contributed by atoms with Crippen LogP contribution in [0.25, 0.3) is 0 Å². The Balaban J connectivity index is 3.68. The zero-order chi connectivity index (χ0) is 15.2. The second kappa shape index (κ2) is 5.16. The molecule has 1 rings (SSSR count). The van der Waals surface area contributed by atoms with Gasteiger partial charge in [0.1, 0.15) is 0 Å². The maximum atomic E-state index is 4.81. The molecule has 0 fully saturated rings. The molecule has 1 aromatic rings. The average Bonchev–Trinajstić information content (AvgIpc) is 2.18. The van der Waals surface area contributed by atoms with Gasteiger partial charge in [0.05, 0.1) is 0 Å². The fourth-order valence-corrected chi connectivity index (χ4v) is 3.26. The van der Waals surface area contributed by atoms with E-state index in [0.717, 1.165) is 0 Å². The van der Waals surface area contributed by atoms with E-state index in [0.29, 0.717) is 5.92 Å². The molecule has 0 aliphatic rings. The van der Waals surface area contributed by atoms with E-state index in [4.69, 9.17) is 12.6 Å². The van der Waals surface area contributed by atoms with Crippen molar-refractivity contribution < 1.29 is 0 Å². The van der Waals surface area contributed by atoms with Crippen LogP contribution in [0.1, 0.15) is 76.6 Å². The summed E-state index contributed by atoms with van der Waals surface area (Å²) in [5.74, 6) is 0.522. The smallest absolute Gasteiger partial charge is 0.0110 e. The SMILES string of the molecule is Cc1cc(C)c(C(C)C(C)(C)C)c(C(C)(C)C)c1S. The molecule has 0 radical (unpaired) electrons. The van der Waals surface area contributed by atoms with Crippen LogP contribution in [0.4, 0.5) is 0 Å². The molecular weight excluding hydrogens is 248 g/mol. The third-order valence-electron chi connectivity index (χ3n) is 4.22. The molecule has 0 saturated heterocycles. The third kappa shape index (κ3) is 3.37. The van der Waals surface area contributed by atoms with E-state index in [1.807, 2.05) is 0 Å². The van der Waals surface area contributed by atoms with Gasteiger partial charge in [-0.05, 0) is 52.8 Å². The lowest BCUT2D eigenvalue weighted by Gasteiger charge is -2.35. The van der Waals surface area contributed by atoms with Crippen molar-refractivity contribution in [3.8, 4) is 0 Å². The summed E-state index contributed by atoms with van der Waals surface area (Å²) in [7, 11) is 0. The predicted octanol–water partition coefficient (Wildman–Crippen LogP) is 6.04. The number of hydrogen-bond donors (Lipinski definition) is 1. The van der Waals surface area contributed by atoms with Crippen molar-refractivity contribution in [2.75, 3.05) is 0 Å². The summed E-state index contributed by atoms with van der Waals surface area (Å²) in [5, 5.41) is 0. The molecular formula is C18H30S. The van der Waals surface area contributed by atoms with E-state index in [-0.39, 0.29) is 10.8 Å². The standard InChI is InChI=1S/C18H30S/c1-11-10-12(2)16(19)15(18(7,8)9)14(11)13(3)17(4,5)6/h10,13,19H,1-9H3. The van der Waals surface area contributed by atoms with E-state index in [1.54, 1.807) is 0 Å². The zero-order valence-electron chi connectivity index (χ0n) is 14.1. The van der Waals surface area contributed by atoms with Crippen LogP contribution in [-0.4, -0.2) is 0 Å². The number of aryl methyl sites for hydroxylation is 2. The summed E-state index contributed by atoms with van der Waals surface area (Å²) < 4.78 is 0. The maximum absolute atomic E-state index is 4.81. The first kappa shape index (κ1) is 16.6. The summed E-state index contributed by atoms with van der Waals surface area (Å²) >= 11 is 4.81. The number of thiol groups is 1. The van der Waals surface area contributed by atoms with Crippen LogP contribution in [0.2, 0.25) is 0 Å². The van der Waals surface area contributed by atoms with Gasteiger partial charge in [0, 0.05) is 4.90 Å². The van der Waals surface area contributed by atoms with E-state index in [1.165, 1.54) is 27.1 Å². The molecule has 1 heteroatoms. The molecule has 108 valence electrons. The van der Waals surface area contributed by atoms with Crippen molar-refractivity contribution in [2.45, 2.75) is 78.5 Å². The van der Waals surface area contributed by atoms with Crippen molar-refractivity contribution in [3.63, 3.8) is 0 Å². The zero-order valence-corrected chi connectivity index (χ0v) is 15.0. The van der Waals surface area contributed by atoms with Crippen LogP contribution in [0.15, 0.2) is 11.0 Å². The lowest BCUT2D eigenvalue weighted by Crippen LogP contribution is -2.24. The first-order valence-electron chi connectivity index (χ1n) is 7.21. The minimum Gasteiger partial charge on any atom is -0.143 e. The maximum Gasteiger partial charge on any atom is 0.0110 e. The molecule has 0 spiro atoms. The average molecular weight is 279 g/mol. The van der Waals surface area contributed by atoms with Crippen LogP contribution in [0.5, 0.6) is 0 Å². The molecule has 0 nitrogen and oxygen atoms in total. The highest BCUT2D eigenvalue weighted by molar-refractivity contribution is 7.80. The van der Waals surface area contributed by atoms with Gasteiger partial charge in [-0.3, -0.25) is 0 Å². The Morgan fingerprint density at radius 1 is 0.947 bits per heavy atom. The van der Waals surface area contributed by atoms with Crippen molar-refractivity contribution in [3.05, 3.63) is 28.3 Å². The molecule has 0 heterocycles. The molecule has 1 aromatic carbocycles. The second-order valence-corrected chi connectivity index (χ2v) is 8.43. The number of benzene rings is 1. The normalized spacial score (nSPS) is 14.6. The van der Waals surface area contributed by atoms with E-state index in [9.17, 15) is 0 Å². The van der Waals surface area contributed by atoms with Gasteiger partial charge < -0.3 is 0 Å². The summed E-state index contributed by atoms with van der Waals surface area (Å²) in [4.78, 5) is 1.17. The van der Waals surface area contributed by atoms with Gasteiger partial charge in [0.2, 0.25) is 0 Å². The molecule has 1 unspecified atom stereocenters. The predicted molar refractivity (Wildman–Crippen MR) is 89.7 cm³/mol. The molecule has 0 aliphatic heterocycles. The van der Waals surface area contributed by atoms with Gasteiger partial charge in [0.15, 0.2) is 0 Å². The van der Waals surface area contributed by atoms with E-state index in [2.05, 4.69) is 68.4 Å². The number of rotatable bonds is 1. The van der Waals surface area contributed by atoms with Crippen molar-refractivity contribution >= 4 is 12.6 Å². The van der Waals surface area contributed by atoms with Gasteiger partial charge in [-0.1, -0.05) is 54.5 Å². The van der Waals surface area contributed by atoms with Crippen molar-refractivity contribution in [1.82, 2.24) is 0 Å². The summed E-state index contributed by atoms with van der Waals surface area (Å²) in [6.45, 7) is 20.6. The van der Waals surface area contributed by atoms with Gasteiger partial charge >= 0.3 is 0 Å². The van der Waals surface area contributed by atoms with Crippen molar-refractivity contribution in [1.29, 1.82) is 0 Å². The first-order chi connectivity index (χ1) is 8.37. The van der Waals surface area contributed by atoms with Gasteiger partial charge in [0.25, 0.3) is 0 Å². The van der Waals surface area contributed by atoms with Crippen LogP contribution in [0.3, 0.4) is 0 Å². The Labute approximate surface area is 125 Å². The van der Waals surface area contributed by atoms with Crippen LogP contribution >= 0.6 is 12.6 Å². The molecule has 0 saturated carbocycles. The highest BCUT2D eigenvalue weighted by atomic mass is 32.1. The van der Waals surface area contributed by atoms with Crippen LogP contribution < -0.4 is 0 Å². The second-order valence-electron chi connectivity index (χ2n) is 7.99. The van der Waals surface area contributed by atoms with Crippen LogP contribution in [-0.2, 0) is 5.41 Å². The van der Waals surface area contributed by atoms with Gasteiger partial charge in [-0.25, -0.2) is 0 Å². The number of hydrogen-bond acceptors (Lipinski definition) is 1. The monoisotopic (exact) mass is 278 g/mol. The topological polar surface area (TPSA) is 0 Å². The Hall–Kier alpha value is -0.430. The molecule has 0 N–H and O–H groups in total. The first-order valence-corrected chi connectivity index (χ1v) is 7.65. The molecule has 19 heavy (non-hydrogen) atoms. The van der Waals surface area contributed by atoms with Gasteiger partial charge in [-0.15, -0.1) is 12.6 Å².